The molecule has 0 bridgehead atoms. The minimum atomic E-state index is -1.09. The van der Waals surface area contributed by atoms with Crippen LogP contribution in [0.1, 0.15) is 47.0 Å². The molecule has 0 N–H and O–H groups in total. The summed E-state index contributed by atoms with van der Waals surface area (Å²) in [6.07, 6.45) is -0.750. The molecule has 25 heavy (non-hydrogen) atoms. The van der Waals surface area contributed by atoms with Crippen molar-refractivity contribution in [1.29, 1.82) is 0 Å². The van der Waals surface area contributed by atoms with Crippen molar-refractivity contribution >= 4 is 23.9 Å². The third kappa shape index (κ3) is 3.92. The number of amides is 3. The molecule has 0 spiro atoms. The first-order chi connectivity index (χ1) is 11.6. The molecular weight excluding hydrogens is 332 g/mol. The van der Waals surface area contributed by atoms with E-state index in [9.17, 15) is 19.2 Å². The van der Waals surface area contributed by atoms with Gasteiger partial charge < -0.3 is 9.47 Å². The molecule has 3 amide bonds. The number of piperazine rings is 1. The predicted octanol–water partition coefficient (Wildman–Crippen LogP) is 1.01. The first-order valence-electron chi connectivity index (χ1n) is 8.20. The number of fused-ring (bicyclic) bond motifs is 1. The molecule has 0 aliphatic carbocycles. The zero-order chi connectivity index (χ0) is 18.9. The van der Waals surface area contributed by atoms with Gasteiger partial charge in [-0.05, 0) is 47.0 Å². The third-order valence-electron chi connectivity index (χ3n) is 4.01. The first kappa shape index (κ1) is 19.2. The summed E-state index contributed by atoms with van der Waals surface area (Å²) in [5.41, 5.74) is -0.798. The number of ether oxygens (including phenoxy) is 2. The smallest absolute Gasteiger partial charge is 0.417 e. The molecule has 3 atom stereocenters. The van der Waals surface area contributed by atoms with Crippen LogP contribution in [0.2, 0.25) is 0 Å². The van der Waals surface area contributed by atoms with Crippen LogP contribution in [-0.2, 0) is 28.7 Å². The largest absolute Gasteiger partial charge is 0.467 e. The Hall–Kier alpha value is -2.16. The van der Waals surface area contributed by atoms with Crippen molar-refractivity contribution in [2.75, 3.05) is 7.11 Å². The SMILES string of the molecule is COC(=O)[C@H]1CCC[C@H]2C(=O)N(C(=O)OC(C)(C)C)[C@@H](C)C(=O)N2O1. The minimum absolute atomic E-state index is 0.282. The van der Waals surface area contributed by atoms with E-state index in [1.54, 1.807) is 20.8 Å². The maximum absolute atomic E-state index is 12.8. The van der Waals surface area contributed by atoms with Gasteiger partial charge in [0.25, 0.3) is 11.8 Å². The van der Waals surface area contributed by atoms with Gasteiger partial charge in [-0.2, -0.15) is 0 Å². The van der Waals surface area contributed by atoms with Gasteiger partial charge in [-0.15, -0.1) is 0 Å². The second-order valence-electron chi connectivity index (χ2n) is 7.09. The van der Waals surface area contributed by atoms with Crippen LogP contribution in [0.5, 0.6) is 0 Å². The highest BCUT2D eigenvalue weighted by molar-refractivity contribution is 6.04. The maximum Gasteiger partial charge on any atom is 0.417 e. The summed E-state index contributed by atoms with van der Waals surface area (Å²) in [6, 6.07) is -2.05. The highest BCUT2D eigenvalue weighted by Crippen LogP contribution is 2.28. The van der Waals surface area contributed by atoms with Gasteiger partial charge in [0.2, 0.25) is 0 Å². The molecule has 0 aromatic heterocycles. The van der Waals surface area contributed by atoms with Crippen LogP contribution in [0.25, 0.3) is 0 Å². The summed E-state index contributed by atoms with van der Waals surface area (Å²) >= 11 is 0. The number of carbonyl (C=O) groups excluding carboxylic acids is 4. The molecule has 2 aliphatic heterocycles. The summed E-state index contributed by atoms with van der Waals surface area (Å²) in [4.78, 5) is 55.8. The number of hydroxylamine groups is 2. The molecule has 0 aromatic rings. The lowest BCUT2D eigenvalue weighted by molar-refractivity contribution is -0.233. The lowest BCUT2D eigenvalue weighted by Gasteiger charge is -2.41. The Morgan fingerprint density at radius 1 is 1.16 bits per heavy atom. The first-order valence-corrected chi connectivity index (χ1v) is 8.20. The van der Waals surface area contributed by atoms with Gasteiger partial charge in [0.15, 0.2) is 6.10 Å². The van der Waals surface area contributed by atoms with Crippen molar-refractivity contribution in [3.8, 4) is 0 Å². The number of hydrogen-bond donors (Lipinski definition) is 0. The molecule has 0 unspecified atom stereocenters. The Morgan fingerprint density at radius 2 is 1.80 bits per heavy atom. The fourth-order valence-electron chi connectivity index (χ4n) is 2.80. The number of rotatable bonds is 1. The highest BCUT2D eigenvalue weighted by Gasteiger charge is 2.50. The van der Waals surface area contributed by atoms with Gasteiger partial charge >= 0.3 is 12.1 Å². The number of imide groups is 1. The average Bonchev–Trinajstić information content (AvgIpc) is 2.73. The summed E-state index contributed by atoms with van der Waals surface area (Å²) in [7, 11) is 1.23. The van der Waals surface area contributed by atoms with Gasteiger partial charge in [0.1, 0.15) is 17.7 Å². The zero-order valence-electron chi connectivity index (χ0n) is 15.1. The Labute approximate surface area is 146 Å². The topological polar surface area (TPSA) is 102 Å². The van der Waals surface area contributed by atoms with Crippen LogP contribution in [-0.4, -0.2) is 64.7 Å². The Balaban J connectivity index is 2.25. The van der Waals surface area contributed by atoms with Crippen LogP contribution >= 0.6 is 0 Å². The van der Waals surface area contributed by atoms with Crippen LogP contribution < -0.4 is 0 Å². The molecule has 2 rings (SSSR count). The van der Waals surface area contributed by atoms with E-state index in [2.05, 4.69) is 4.74 Å². The summed E-state index contributed by atoms with van der Waals surface area (Å²) in [5.74, 6) is -1.76. The summed E-state index contributed by atoms with van der Waals surface area (Å²) in [6.45, 7) is 6.44. The normalized spacial score (nSPS) is 27.5. The minimum Gasteiger partial charge on any atom is -0.467 e. The van der Waals surface area contributed by atoms with Gasteiger partial charge in [0.05, 0.1) is 7.11 Å². The second-order valence-corrected chi connectivity index (χ2v) is 7.09. The van der Waals surface area contributed by atoms with Crippen molar-refractivity contribution in [2.45, 2.75) is 70.7 Å². The molecule has 9 nitrogen and oxygen atoms in total. The van der Waals surface area contributed by atoms with Gasteiger partial charge in [0, 0.05) is 0 Å². The fraction of sp³-hybridized carbons (Fsp3) is 0.750. The molecular formula is C16H24N2O7. The standard InChI is InChI=1S/C16H24N2O7/c1-9-12(19)18-10(7-6-8-11(25-18)14(21)23-5)13(20)17(9)15(22)24-16(2,3)4/h9-11H,6-8H2,1-5H3/t9-,10-,11+/m0/s1. The molecule has 0 saturated carbocycles. The van der Waals surface area contributed by atoms with E-state index in [-0.39, 0.29) is 6.42 Å². The number of methoxy groups -OCH3 is 1. The maximum atomic E-state index is 12.8. The van der Waals surface area contributed by atoms with Gasteiger partial charge in [-0.25, -0.2) is 19.6 Å². The number of nitrogens with zero attached hydrogens (tertiary/aromatic N) is 2. The lowest BCUT2D eigenvalue weighted by atomic mass is 10.0. The van der Waals surface area contributed by atoms with E-state index in [0.717, 1.165) is 9.96 Å². The van der Waals surface area contributed by atoms with Crippen molar-refractivity contribution in [3.05, 3.63) is 0 Å². The Morgan fingerprint density at radius 3 is 2.36 bits per heavy atom. The number of esters is 1. The van der Waals surface area contributed by atoms with E-state index in [4.69, 9.17) is 9.57 Å². The summed E-state index contributed by atoms with van der Waals surface area (Å²) in [5, 5.41) is 0.919. The molecule has 2 fully saturated rings. The van der Waals surface area contributed by atoms with E-state index >= 15 is 0 Å². The fourth-order valence-corrected chi connectivity index (χ4v) is 2.80. The lowest BCUT2D eigenvalue weighted by Crippen LogP contribution is -2.65. The van der Waals surface area contributed by atoms with Gasteiger partial charge in [-0.3, -0.25) is 14.4 Å². The van der Waals surface area contributed by atoms with Crippen molar-refractivity contribution in [3.63, 3.8) is 0 Å². The zero-order valence-corrected chi connectivity index (χ0v) is 15.1. The Bertz CT molecular complexity index is 584. The van der Waals surface area contributed by atoms with Crippen LogP contribution in [0.15, 0.2) is 0 Å². The van der Waals surface area contributed by atoms with Crippen molar-refractivity contribution < 1.29 is 33.5 Å². The molecule has 2 saturated heterocycles. The quantitative estimate of drug-likeness (QED) is 0.646. The molecule has 9 heteroatoms. The van der Waals surface area contributed by atoms with Crippen molar-refractivity contribution in [1.82, 2.24) is 9.96 Å². The molecule has 0 radical (unpaired) electrons. The van der Waals surface area contributed by atoms with Crippen LogP contribution in [0.4, 0.5) is 4.79 Å². The van der Waals surface area contributed by atoms with E-state index in [1.165, 1.54) is 14.0 Å². The van der Waals surface area contributed by atoms with Crippen molar-refractivity contribution in [2.24, 2.45) is 0 Å². The monoisotopic (exact) mass is 356 g/mol. The third-order valence-corrected chi connectivity index (χ3v) is 4.01. The van der Waals surface area contributed by atoms with Gasteiger partial charge in [-0.1, -0.05) is 0 Å². The highest BCUT2D eigenvalue weighted by atomic mass is 16.7. The average molecular weight is 356 g/mol. The molecule has 2 aliphatic rings. The van der Waals surface area contributed by atoms with E-state index in [0.29, 0.717) is 12.8 Å². The molecule has 140 valence electrons. The number of hydrogen-bond acceptors (Lipinski definition) is 7. The Kier molecular flexibility index (Phi) is 5.36. The second kappa shape index (κ2) is 6.99. The molecule has 0 aromatic carbocycles. The van der Waals surface area contributed by atoms with Crippen LogP contribution in [0, 0.1) is 0 Å². The molecule has 2 heterocycles. The van der Waals surface area contributed by atoms with Crippen LogP contribution in [0.3, 0.4) is 0 Å². The number of carbonyl (C=O) groups is 4. The van der Waals surface area contributed by atoms with E-state index < -0.39 is 47.7 Å². The predicted molar refractivity (Wildman–Crippen MR) is 83.9 cm³/mol. The van der Waals surface area contributed by atoms with E-state index in [1.807, 2.05) is 0 Å². The summed E-state index contributed by atoms with van der Waals surface area (Å²) < 4.78 is 9.89.